The first-order valence-corrected chi connectivity index (χ1v) is 10.1. The van der Waals surface area contributed by atoms with E-state index in [0.717, 1.165) is 0 Å². The fourth-order valence-corrected chi connectivity index (χ4v) is 3.76. The lowest BCUT2D eigenvalue weighted by Crippen LogP contribution is -2.14. The second kappa shape index (κ2) is 8.18. The number of carbonyl (C=O) groups excluding carboxylic acids is 1. The van der Waals surface area contributed by atoms with Gasteiger partial charge < -0.3 is 5.32 Å². The molecule has 0 aliphatic heterocycles. The van der Waals surface area contributed by atoms with E-state index in [9.17, 15) is 17.6 Å². The van der Waals surface area contributed by atoms with Crippen molar-refractivity contribution in [3.63, 3.8) is 0 Å². The van der Waals surface area contributed by atoms with Crippen LogP contribution in [0.2, 0.25) is 10.0 Å². The zero-order valence-electron chi connectivity index (χ0n) is 14.1. The molecule has 0 fully saturated rings. The molecule has 3 aromatic rings. The number of sulfonamides is 1. The Bertz CT molecular complexity index is 1120. The van der Waals surface area contributed by atoms with Crippen LogP contribution in [0.25, 0.3) is 0 Å². The highest BCUT2D eigenvalue weighted by molar-refractivity contribution is 7.92. The van der Waals surface area contributed by atoms with Crippen molar-refractivity contribution in [3.8, 4) is 0 Å². The highest BCUT2D eigenvalue weighted by atomic mass is 35.5. The molecule has 0 aliphatic rings. The van der Waals surface area contributed by atoms with E-state index in [1.54, 1.807) is 0 Å². The topological polar surface area (TPSA) is 75.3 Å². The van der Waals surface area contributed by atoms with E-state index >= 15 is 0 Å². The van der Waals surface area contributed by atoms with E-state index in [-0.39, 0.29) is 21.2 Å². The van der Waals surface area contributed by atoms with Crippen molar-refractivity contribution in [1.29, 1.82) is 0 Å². The Morgan fingerprint density at radius 1 is 0.857 bits per heavy atom. The van der Waals surface area contributed by atoms with E-state index in [0.29, 0.717) is 10.7 Å². The summed E-state index contributed by atoms with van der Waals surface area (Å²) in [6.07, 6.45) is 0. The number of amides is 1. The van der Waals surface area contributed by atoms with Crippen molar-refractivity contribution in [3.05, 3.63) is 88.2 Å². The van der Waals surface area contributed by atoms with Crippen LogP contribution >= 0.6 is 23.2 Å². The van der Waals surface area contributed by atoms with Gasteiger partial charge >= 0.3 is 0 Å². The minimum atomic E-state index is -3.84. The van der Waals surface area contributed by atoms with E-state index in [1.165, 1.54) is 66.7 Å². The molecule has 0 bridgehead atoms. The van der Waals surface area contributed by atoms with Gasteiger partial charge in [-0.05, 0) is 66.7 Å². The minimum absolute atomic E-state index is 0.0335. The summed E-state index contributed by atoms with van der Waals surface area (Å²) in [5.74, 6) is -0.933. The largest absolute Gasteiger partial charge is 0.322 e. The number of rotatable bonds is 5. The van der Waals surface area contributed by atoms with Crippen LogP contribution in [0.3, 0.4) is 0 Å². The van der Waals surface area contributed by atoms with Crippen LogP contribution in [-0.4, -0.2) is 14.3 Å². The Balaban J connectivity index is 1.77. The van der Waals surface area contributed by atoms with E-state index < -0.39 is 21.7 Å². The first-order chi connectivity index (χ1) is 13.2. The molecule has 0 saturated carbocycles. The average Bonchev–Trinajstić information content (AvgIpc) is 2.63. The molecule has 1 amide bonds. The second-order valence-corrected chi connectivity index (χ2v) is 8.24. The predicted molar refractivity (Wildman–Crippen MR) is 108 cm³/mol. The van der Waals surface area contributed by atoms with Crippen molar-refractivity contribution in [1.82, 2.24) is 0 Å². The molecular weight excluding hydrogens is 426 g/mol. The maximum absolute atomic E-state index is 12.9. The smallest absolute Gasteiger partial charge is 0.261 e. The lowest BCUT2D eigenvalue weighted by atomic mass is 10.2. The van der Waals surface area contributed by atoms with Gasteiger partial charge in [0.2, 0.25) is 0 Å². The fraction of sp³-hybridized carbons (Fsp3) is 0. The summed E-state index contributed by atoms with van der Waals surface area (Å²) in [6, 6.07) is 15.1. The quantitative estimate of drug-likeness (QED) is 0.575. The molecule has 144 valence electrons. The molecule has 5 nitrogen and oxygen atoms in total. The van der Waals surface area contributed by atoms with Crippen molar-refractivity contribution >= 4 is 50.5 Å². The van der Waals surface area contributed by atoms with E-state index in [4.69, 9.17) is 23.2 Å². The first-order valence-electron chi connectivity index (χ1n) is 7.89. The summed E-state index contributed by atoms with van der Waals surface area (Å²) in [5, 5.41) is 3.05. The Labute approximate surface area is 171 Å². The molecule has 28 heavy (non-hydrogen) atoms. The molecule has 0 radical (unpaired) electrons. The van der Waals surface area contributed by atoms with Crippen LogP contribution in [0.4, 0.5) is 15.8 Å². The molecule has 0 spiro atoms. The van der Waals surface area contributed by atoms with E-state index in [2.05, 4.69) is 10.0 Å². The summed E-state index contributed by atoms with van der Waals surface area (Å²) < 4.78 is 40.1. The van der Waals surface area contributed by atoms with E-state index in [1.807, 2.05) is 0 Å². The average molecular weight is 439 g/mol. The van der Waals surface area contributed by atoms with Crippen molar-refractivity contribution in [2.45, 2.75) is 4.90 Å². The van der Waals surface area contributed by atoms with Gasteiger partial charge in [0.25, 0.3) is 15.9 Å². The fourth-order valence-electron chi connectivity index (χ4n) is 2.32. The molecule has 0 aromatic heterocycles. The molecule has 3 aromatic carbocycles. The zero-order valence-corrected chi connectivity index (χ0v) is 16.4. The third-order valence-electron chi connectivity index (χ3n) is 3.69. The van der Waals surface area contributed by atoms with Crippen LogP contribution in [0.15, 0.2) is 71.6 Å². The Hall–Kier alpha value is -2.61. The number of carbonyl (C=O) groups is 1. The van der Waals surface area contributed by atoms with Gasteiger partial charge in [-0.15, -0.1) is 0 Å². The zero-order chi connectivity index (χ0) is 20.3. The summed E-state index contributed by atoms with van der Waals surface area (Å²) >= 11 is 11.9. The first kappa shape index (κ1) is 20.1. The number of hydrogen-bond donors (Lipinski definition) is 2. The van der Waals surface area contributed by atoms with Crippen LogP contribution < -0.4 is 10.0 Å². The molecule has 0 aliphatic carbocycles. The van der Waals surface area contributed by atoms with Gasteiger partial charge in [0.15, 0.2) is 0 Å². The Morgan fingerprint density at radius 2 is 1.46 bits per heavy atom. The minimum Gasteiger partial charge on any atom is -0.322 e. The van der Waals surface area contributed by atoms with Crippen molar-refractivity contribution in [2.24, 2.45) is 0 Å². The van der Waals surface area contributed by atoms with Crippen molar-refractivity contribution in [2.75, 3.05) is 10.0 Å². The predicted octanol–water partition coefficient (Wildman–Crippen LogP) is 5.19. The van der Waals surface area contributed by atoms with Crippen LogP contribution in [0, 0.1) is 5.82 Å². The van der Waals surface area contributed by atoms with Gasteiger partial charge in [0.1, 0.15) is 5.82 Å². The van der Waals surface area contributed by atoms with Gasteiger partial charge in [-0.25, -0.2) is 12.8 Å². The summed E-state index contributed by atoms with van der Waals surface area (Å²) in [4.78, 5) is 12.4. The third-order valence-corrected chi connectivity index (χ3v) is 5.65. The maximum Gasteiger partial charge on any atom is 0.261 e. The SMILES string of the molecule is O=C(Nc1ccc(F)cc1)c1ccc(NS(=O)(=O)c2ccc(Cl)cc2)cc1Cl. The summed E-state index contributed by atoms with van der Waals surface area (Å²) in [6.45, 7) is 0. The van der Waals surface area contributed by atoms with Crippen LogP contribution in [-0.2, 0) is 10.0 Å². The van der Waals surface area contributed by atoms with Crippen molar-refractivity contribution < 1.29 is 17.6 Å². The molecular formula is C19H13Cl2FN2O3S. The number of anilines is 2. The lowest BCUT2D eigenvalue weighted by molar-refractivity contribution is 0.102. The highest BCUT2D eigenvalue weighted by Crippen LogP contribution is 2.25. The van der Waals surface area contributed by atoms with Crippen LogP contribution in [0.1, 0.15) is 10.4 Å². The van der Waals surface area contributed by atoms with Gasteiger partial charge in [-0.1, -0.05) is 23.2 Å². The molecule has 9 heteroatoms. The van der Waals surface area contributed by atoms with Gasteiger partial charge in [0, 0.05) is 10.7 Å². The lowest BCUT2D eigenvalue weighted by Gasteiger charge is -2.11. The third kappa shape index (κ3) is 4.81. The molecule has 3 rings (SSSR count). The Morgan fingerprint density at radius 3 is 2.07 bits per heavy atom. The van der Waals surface area contributed by atoms with Gasteiger partial charge in [0.05, 0.1) is 21.2 Å². The van der Waals surface area contributed by atoms with Crippen LogP contribution in [0.5, 0.6) is 0 Å². The number of benzene rings is 3. The number of halogens is 3. The maximum atomic E-state index is 12.9. The Kier molecular flexibility index (Phi) is 5.88. The highest BCUT2D eigenvalue weighted by Gasteiger charge is 2.16. The van der Waals surface area contributed by atoms with Gasteiger partial charge in [-0.3, -0.25) is 9.52 Å². The molecule has 0 unspecified atom stereocenters. The molecule has 0 atom stereocenters. The molecule has 0 heterocycles. The van der Waals surface area contributed by atoms with Gasteiger partial charge in [-0.2, -0.15) is 0 Å². The second-order valence-electron chi connectivity index (χ2n) is 5.72. The molecule has 2 N–H and O–H groups in total. The standard InChI is InChI=1S/C19H13Cl2FN2O3S/c20-12-1-8-16(9-2-12)28(26,27)24-15-7-10-17(18(21)11-15)19(25)23-14-5-3-13(22)4-6-14/h1-11,24H,(H,23,25). The molecule has 0 saturated heterocycles. The summed E-state index contributed by atoms with van der Waals surface area (Å²) in [7, 11) is -3.84. The number of nitrogens with one attached hydrogen (secondary N) is 2. The number of hydrogen-bond acceptors (Lipinski definition) is 3. The summed E-state index contributed by atoms with van der Waals surface area (Å²) in [5.41, 5.74) is 0.730. The normalized spacial score (nSPS) is 11.1. The monoisotopic (exact) mass is 438 g/mol.